The van der Waals surface area contributed by atoms with Crippen LogP contribution in [-0.2, 0) is 0 Å². The van der Waals surface area contributed by atoms with E-state index in [-0.39, 0.29) is 11.7 Å². The van der Waals surface area contributed by atoms with E-state index in [1.54, 1.807) is 41.3 Å². The van der Waals surface area contributed by atoms with Crippen LogP contribution >= 0.6 is 0 Å². The first-order chi connectivity index (χ1) is 12.0. The normalized spacial score (nSPS) is 14.5. The van der Waals surface area contributed by atoms with Gasteiger partial charge in [0, 0.05) is 43.0 Å². The topological polar surface area (TPSA) is 66.6 Å². The Morgan fingerprint density at radius 3 is 2.32 bits per heavy atom. The molecule has 2 aromatic rings. The minimum atomic E-state index is -0.414. The van der Waals surface area contributed by atoms with Crippen molar-refractivity contribution < 1.29 is 14.0 Å². The first-order valence-electron chi connectivity index (χ1n) is 8.16. The first-order valence-corrected chi connectivity index (χ1v) is 8.16. The predicted octanol–water partition coefficient (Wildman–Crippen LogP) is 2.57. The summed E-state index contributed by atoms with van der Waals surface area (Å²) in [5.74, 6) is -0.648. The summed E-state index contributed by atoms with van der Waals surface area (Å²) >= 11 is 0. The molecule has 1 fully saturated rings. The maximum Gasteiger partial charge on any atom is 0.254 e. The molecule has 6 heteroatoms. The molecule has 130 valence electrons. The molecular formula is C19H20FN3O2. The van der Waals surface area contributed by atoms with E-state index in [4.69, 9.17) is 5.73 Å². The number of ketones is 1. The third-order valence-corrected chi connectivity index (χ3v) is 4.40. The largest absolute Gasteiger partial charge is 0.399 e. The van der Waals surface area contributed by atoms with Crippen molar-refractivity contribution in [3.05, 3.63) is 59.4 Å². The Kier molecular flexibility index (Phi) is 4.70. The Labute approximate surface area is 145 Å². The number of amides is 1. The zero-order valence-corrected chi connectivity index (χ0v) is 14.0. The molecule has 25 heavy (non-hydrogen) atoms. The van der Waals surface area contributed by atoms with Gasteiger partial charge in [-0.1, -0.05) is 6.07 Å². The van der Waals surface area contributed by atoms with E-state index in [2.05, 4.69) is 0 Å². The maximum absolute atomic E-state index is 14.3. The number of benzene rings is 2. The zero-order chi connectivity index (χ0) is 18.0. The second kappa shape index (κ2) is 6.93. The highest BCUT2D eigenvalue weighted by Crippen LogP contribution is 2.23. The number of carbonyl (C=O) groups is 2. The summed E-state index contributed by atoms with van der Waals surface area (Å²) in [6, 6.07) is 11.4. The molecule has 1 amide bonds. The molecule has 2 aromatic carbocycles. The van der Waals surface area contributed by atoms with E-state index in [0.717, 1.165) is 0 Å². The molecule has 1 heterocycles. The SMILES string of the molecule is CC(=O)c1ccc(N2CCN(C(=O)c3cccc(N)c3)CC2)c(F)c1. The summed E-state index contributed by atoms with van der Waals surface area (Å²) in [7, 11) is 0. The van der Waals surface area contributed by atoms with Crippen molar-refractivity contribution in [1.82, 2.24) is 4.90 Å². The lowest BCUT2D eigenvalue weighted by Gasteiger charge is -2.36. The van der Waals surface area contributed by atoms with Crippen molar-refractivity contribution in [3.8, 4) is 0 Å². The summed E-state index contributed by atoms with van der Waals surface area (Å²) in [4.78, 5) is 27.5. The van der Waals surface area contributed by atoms with Crippen molar-refractivity contribution in [1.29, 1.82) is 0 Å². The number of anilines is 2. The van der Waals surface area contributed by atoms with Gasteiger partial charge in [0.15, 0.2) is 5.78 Å². The van der Waals surface area contributed by atoms with Gasteiger partial charge in [-0.05, 0) is 43.3 Å². The number of piperazine rings is 1. The highest BCUT2D eigenvalue weighted by atomic mass is 19.1. The number of rotatable bonds is 3. The minimum Gasteiger partial charge on any atom is -0.399 e. The van der Waals surface area contributed by atoms with Gasteiger partial charge in [0.2, 0.25) is 0 Å². The van der Waals surface area contributed by atoms with Crippen molar-refractivity contribution in [2.24, 2.45) is 0 Å². The highest BCUT2D eigenvalue weighted by molar-refractivity contribution is 5.95. The summed E-state index contributed by atoms with van der Waals surface area (Å²) in [5, 5.41) is 0. The molecule has 2 N–H and O–H groups in total. The molecule has 0 saturated carbocycles. The lowest BCUT2D eigenvalue weighted by Crippen LogP contribution is -2.49. The predicted molar refractivity (Wildman–Crippen MR) is 95.4 cm³/mol. The fraction of sp³-hybridized carbons (Fsp3) is 0.263. The minimum absolute atomic E-state index is 0.0700. The van der Waals surface area contributed by atoms with Crippen LogP contribution in [0, 0.1) is 5.82 Å². The van der Waals surface area contributed by atoms with E-state index in [1.165, 1.54) is 13.0 Å². The molecule has 0 atom stereocenters. The summed E-state index contributed by atoms with van der Waals surface area (Å²) in [6.07, 6.45) is 0. The van der Waals surface area contributed by atoms with Crippen LogP contribution in [0.25, 0.3) is 0 Å². The van der Waals surface area contributed by atoms with Crippen LogP contribution in [0.4, 0.5) is 15.8 Å². The number of nitrogen functional groups attached to an aromatic ring is 1. The number of nitrogens with zero attached hydrogens (tertiary/aromatic N) is 2. The number of hydrogen-bond donors (Lipinski definition) is 1. The molecule has 1 aliphatic heterocycles. The van der Waals surface area contributed by atoms with Crippen LogP contribution in [-0.4, -0.2) is 42.8 Å². The van der Waals surface area contributed by atoms with Gasteiger partial charge < -0.3 is 15.5 Å². The molecule has 1 saturated heterocycles. The van der Waals surface area contributed by atoms with E-state index < -0.39 is 5.82 Å². The third-order valence-electron chi connectivity index (χ3n) is 4.40. The number of nitrogens with two attached hydrogens (primary N) is 1. The molecule has 0 aliphatic carbocycles. The molecule has 0 spiro atoms. The Bertz CT molecular complexity index is 814. The Balaban J connectivity index is 1.68. The maximum atomic E-state index is 14.3. The number of hydrogen-bond acceptors (Lipinski definition) is 4. The molecular weight excluding hydrogens is 321 g/mol. The van der Waals surface area contributed by atoms with E-state index >= 15 is 0 Å². The molecule has 0 radical (unpaired) electrons. The average Bonchev–Trinajstić information content (AvgIpc) is 2.61. The van der Waals surface area contributed by atoms with E-state index in [9.17, 15) is 14.0 Å². The fourth-order valence-electron chi connectivity index (χ4n) is 2.99. The van der Waals surface area contributed by atoms with Crippen LogP contribution in [0.15, 0.2) is 42.5 Å². The number of Topliss-reactive ketones (excluding diaryl/α,β-unsaturated/α-hetero) is 1. The van der Waals surface area contributed by atoms with Crippen molar-refractivity contribution in [2.45, 2.75) is 6.92 Å². The lowest BCUT2D eigenvalue weighted by molar-refractivity contribution is 0.0746. The molecule has 0 unspecified atom stereocenters. The number of carbonyl (C=O) groups excluding carboxylic acids is 2. The van der Waals surface area contributed by atoms with Gasteiger partial charge >= 0.3 is 0 Å². The second-order valence-electron chi connectivity index (χ2n) is 6.13. The van der Waals surface area contributed by atoms with E-state index in [1.807, 2.05) is 4.90 Å². The average molecular weight is 341 g/mol. The molecule has 3 rings (SSSR count). The van der Waals surface area contributed by atoms with Gasteiger partial charge in [-0.25, -0.2) is 4.39 Å². The summed E-state index contributed by atoms with van der Waals surface area (Å²) < 4.78 is 14.3. The van der Waals surface area contributed by atoms with Gasteiger partial charge in [-0.15, -0.1) is 0 Å². The summed E-state index contributed by atoms with van der Waals surface area (Å²) in [5.41, 5.74) is 7.66. The second-order valence-corrected chi connectivity index (χ2v) is 6.13. The van der Waals surface area contributed by atoms with Gasteiger partial charge in [0.05, 0.1) is 5.69 Å². The lowest BCUT2D eigenvalue weighted by atomic mass is 10.1. The van der Waals surface area contributed by atoms with E-state index in [0.29, 0.717) is 48.7 Å². The summed E-state index contributed by atoms with van der Waals surface area (Å²) in [6.45, 7) is 3.48. The molecule has 0 bridgehead atoms. The van der Waals surface area contributed by atoms with Crippen molar-refractivity contribution in [2.75, 3.05) is 36.8 Å². The van der Waals surface area contributed by atoms with Crippen LogP contribution in [0.3, 0.4) is 0 Å². The first kappa shape index (κ1) is 17.0. The van der Waals surface area contributed by atoms with Gasteiger partial charge in [0.25, 0.3) is 5.91 Å². The number of halogens is 1. The highest BCUT2D eigenvalue weighted by Gasteiger charge is 2.24. The molecule has 0 aromatic heterocycles. The van der Waals surface area contributed by atoms with Crippen molar-refractivity contribution in [3.63, 3.8) is 0 Å². The Morgan fingerprint density at radius 2 is 1.72 bits per heavy atom. The quantitative estimate of drug-likeness (QED) is 0.688. The smallest absolute Gasteiger partial charge is 0.254 e. The standard InChI is InChI=1S/C19H20FN3O2/c1-13(24)14-5-6-18(17(20)12-14)22-7-9-23(10-8-22)19(25)15-3-2-4-16(21)11-15/h2-6,11-12H,7-10,21H2,1H3. The van der Waals surface area contributed by atoms with Gasteiger partial charge in [-0.2, -0.15) is 0 Å². The Hall–Kier alpha value is -2.89. The van der Waals surface area contributed by atoms with Crippen LogP contribution in [0.5, 0.6) is 0 Å². The van der Waals surface area contributed by atoms with Crippen LogP contribution in [0.2, 0.25) is 0 Å². The monoisotopic (exact) mass is 341 g/mol. The fourth-order valence-corrected chi connectivity index (χ4v) is 2.99. The zero-order valence-electron chi connectivity index (χ0n) is 14.0. The third kappa shape index (κ3) is 3.63. The molecule has 1 aliphatic rings. The molecule has 5 nitrogen and oxygen atoms in total. The Morgan fingerprint density at radius 1 is 1.00 bits per heavy atom. The van der Waals surface area contributed by atoms with Crippen LogP contribution in [0.1, 0.15) is 27.6 Å². The van der Waals surface area contributed by atoms with Crippen LogP contribution < -0.4 is 10.6 Å². The van der Waals surface area contributed by atoms with Crippen molar-refractivity contribution >= 4 is 23.1 Å². The van der Waals surface area contributed by atoms with Gasteiger partial charge in [0.1, 0.15) is 5.82 Å². The van der Waals surface area contributed by atoms with Gasteiger partial charge in [-0.3, -0.25) is 9.59 Å².